The van der Waals surface area contributed by atoms with Gasteiger partial charge in [0.15, 0.2) is 5.11 Å². The number of hydrogen-bond acceptors (Lipinski definition) is 5. The van der Waals surface area contributed by atoms with Gasteiger partial charge in [-0.2, -0.15) is 0 Å². The first-order valence-electron chi connectivity index (χ1n) is 6.98. The van der Waals surface area contributed by atoms with Crippen LogP contribution in [-0.4, -0.2) is 21.9 Å². The fourth-order valence-electron chi connectivity index (χ4n) is 2.41. The van der Waals surface area contributed by atoms with Crippen LogP contribution in [0.1, 0.15) is 6.42 Å². The quantitative estimate of drug-likeness (QED) is 0.371. The van der Waals surface area contributed by atoms with Gasteiger partial charge >= 0.3 is 0 Å². The monoisotopic (exact) mass is 341 g/mol. The van der Waals surface area contributed by atoms with E-state index in [1.165, 1.54) is 34.1 Å². The molecule has 3 rings (SSSR count). The maximum Gasteiger partial charge on any atom is 0.269 e. The number of rotatable bonds is 3. The standard InChI is InChI=1S/C16H11N3O4S/c20-14-10-15(21)18(12-6-8-13(9-7-12)19(22)23)16(24)17(14)11-4-2-1-3-5-11/h1-9H,10H2. The molecule has 0 aliphatic carbocycles. The number of nitro benzene ring substituents is 1. The maximum atomic E-state index is 12.3. The number of anilines is 2. The van der Waals surface area contributed by atoms with E-state index in [0.717, 1.165) is 0 Å². The average Bonchev–Trinajstić information content (AvgIpc) is 2.56. The Morgan fingerprint density at radius 1 is 0.875 bits per heavy atom. The van der Waals surface area contributed by atoms with Crippen LogP contribution in [0.5, 0.6) is 0 Å². The molecule has 1 fully saturated rings. The van der Waals surface area contributed by atoms with Crippen LogP contribution in [0, 0.1) is 10.1 Å². The normalized spacial score (nSPS) is 14.9. The van der Waals surface area contributed by atoms with E-state index >= 15 is 0 Å². The summed E-state index contributed by atoms with van der Waals surface area (Å²) in [7, 11) is 0. The molecule has 24 heavy (non-hydrogen) atoms. The van der Waals surface area contributed by atoms with Crippen molar-refractivity contribution in [3.63, 3.8) is 0 Å². The number of thiocarbonyl (C=S) groups is 1. The van der Waals surface area contributed by atoms with Crippen LogP contribution in [0.2, 0.25) is 0 Å². The predicted molar refractivity (Wildman–Crippen MR) is 91.7 cm³/mol. The van der Waals surface area contributed by atoms with Crippen molar-refractivity contribution in [2.24, 2.45) is 0 Å². The first-order chi connectivity index (χ1) is 11.5. The third-order valence-electron chi connectivity index (χ3n) is 3.52. The lowest BCUT2D eigenvalue weighted by Gasteiger charge is -2.35. The average molecular weight is 341 g/mol. The van der Waals surface area contributed by atoms with Gasteiger partial charge in [-0.1, -0.05) is 18.2 Å². The zero-order chi connectivity index (χ0) is 17.3. The smallest absolute Gasteiger partial charge is 0.269 e. The molecule has 8 heteroatoms. The first-order valence-corrected chi connectivity index (χ1v) is 7.39. The molecular weight excluding hydrogens is 330 g/mol. The zero-order valence-electron chi connectivity index (χ0n) is 12.3. The Balaban J connectivity index is 1.98. The van der Waals surface area contributed by atoms with Crippen molar-refractivity contribution < 1.29 is 14.5 Å². The highest BCUT2D eigenvalue weighted by atomic mass is 32.1. The van der Waals surface area contributed by atoms with Crippen molar-refractivity contribution in [2.45, 2.75) is 6.42 Å². The van der Waals surface area contributed by atoms with Crippen molar-refractivity contribution in [3.05, 3.63) is 64.7 Å². The number of nitrogens with zero attached hydrogens (tertiary/aromatic N) is 3. The van der Waals surface area contributed by atoms with E-state index in [1.807, 2.05) is 0 Å². The number of hydrogen-bond donors (Lipinski definition) is 0. The van der Waals surface area contributed by atoms with E-state index in [1.54, 1.807) is 30.3 Å². The molecule has 2 aromatic carbocycles. The fraction of sp³-hybridized carbons (Fsp3) is 0.0625. The van der Waals surface area contributed by atoms with Crippen LogP contribution in [0.15, 0.2) is 54.6 Å². The molecule has 0 N–H and O–H groups in total. The molecule has 0 atom stereocenters. The topological polar surface area (TPSA) is 83.8 Å². The number of non-ortho nitro benzene ring substituents is 1. The molecular formula is C16H11N3O4S. The van der Waals surface area contributed by atoms with Crippen LogP contribution in [-0.2, 0) is 9.59 Å². The summed E-state index contributed by atoms with van der Waals surface area (Å²) in [5.74, 6) is -0.875. The van der Waals surface area contributed by atoms with Crippen molar-refractivity contribution in [2.75, 3.05) is 9.80 Å². The third kappa shape index (κ3) is 2.74. The van der Waals surface area contributed by atoms with E-state index in [2.05, 4.69) is 0 Å². The summed E-state index contributed by atoms with van der Waals surface area (Å²) in [4.78, 5) is 37.2. The van der Waals surface area contributed by atoms with Gasteiger partial charge in [0.25, 0.3) is 5.69 Å². The van der Waals surface area contributed by atoms with E-state index in [0.29, 0.717) is 11.4 Å². The molecule has 0 saturated carbocycles. The minimum absolute atomic E-state index is 0.0244. The SMILES string of the molecule is O=C1CC(=O)N(c2ccc([N+](=O)[O-])cc2)C(=S)N1c1ccccc1. The fourth-order valence-corrected chi connectivity index (χ4v) is 2.82. The molecule has 0 unspecified atom stereocenters. The molecule has 0 radical (unpaired) electrons. The Morgan fingerprint density at radius 3 is 1.88 bits per heavy atom. The highest BCUT2D eigenvalue weighted by Gasteiger charge is 2.36. The Bertz CT molecular complexity index is 836. The molecule has 7 nitrogen and oxygen atoms in total. The molecule has 2 amide bonds. The largest absolute Gasteiger partial charge is 0.273 e. The van der Waals surface area contributed by atoms with Gasteiger partial charge in [0.1, 0.15) is 6.42 Å². The summed E-state index contributed by atoms with van der Waals surface area (Å²) in [5, 5.41) is 10.8. The second-order valence-electron chi connectivity index (χ2n) is 5.03. The van der Waals surface area contributed by atoms with Gasteiger partial charge in [0, 0.05) is 12.1 Å². The molecule has 1 aliphatic rings. The third-order valence-corrected chi connectivity index (χ3v) is 3.88. The van der Waals surface area contributed by atoms with Gasteiger partial charge < -0.3 is 0 Å². The van der Waals surface area contributed by atoms with Crippen LogP contribution in [0.3, 0.4) is 0 Å². The summed E-state index contributed by atoms with van der Waals surface area (Å²) < 4.78 is 0. The van der Waals surface area contributed by atoms with E-state index in [9.17, 15) is 19.7 Å². The highest BCUT2D eigenvalue weighted by molar-refractivity contribution is 7.81. The second-order valence-corrected chi connectivity index (χ2v) is 5.39. The van der Waals surface area contributed by atoms with Gasteiger partial charge in [-0.05, 0) is 36.5 Å². The molecule has 0 bridgehead atoms. The summed E-state index contributed by atoms with van der Waals surface area (Å²) in [6.07, 6.45) is -0.327. The molecule has 0 aromatic heterocycles. The first kappa shape index (κ1) is 15.8. The minimum atomic E-state index is -0.528. The number of benzene rings is 2. The predicted octanol–water partition coefficient (Wildman–Crippen LogP) is 2.65. The van der Waals surface area contributed by atoms with Gasteiger partial charge in [-0.25, -0.2) is 0 Å². The van der Waals surface area contributed by atoms with Gasteiger partial charge in [0.05, 0.1) is 16.3 Å². The van der Waals surface area contributed by atoms with Crippen LogP contribution >= 0.6 is 12.2 Å². The van der Waals surface area contributed by atoms with Gasteiger partial charge in [0.2, 0.25) is 11.8 Å². The van der Waals surface area contributed by atoms with Crippen LogP contribution in [0.4, 0.5) is 17.1 Å². The molecule has 1 saturated heterocycles. The van der Waals surface area contributed by atoms with Crippen LogP contribution in [0.25, 0.3) is 0 Å². The molecule has 2 aromatic rings. The maximum absolute atomic E-state index is 12.3. The van der Waals surface area contributed by atoms with Gasteiger partial charge in [-0.15, -0.1) is 0 Å². The van der Waals surface area contributed by atoms with Crippen molar-refractivity contribution in [1.29, 1.82) is 0 Å². The van der Waals surface area contributed by atoms with Crippen molar-refractivity contribution in [1.82, 2.24) is 0 Å². The summed E-state index contributed by atoms with van der Waals surface area (Å²) in [6.45, 7) is 0. The lowest BCUT2D eigenvalue weighted by Crippen LogP contribution is -2.55. The highest BCUT2D eigenvalue weighted by Crippen LogP contribution is 2.27. The summed E-state index contributed by atoms with van der Waals surface area (Å²) in [6, 6.07) is 14.2. The Morgan fingerprint density at radius 2 is 1.38 bits per heavy atom. The second kappa shape index (κ2) is 6.17. The summed E-state index contributed by atoms with van der Waals surface area (Å²) in [5.41, 5.74) is 0.848. The van der Waals surface area contributed by atoms with E-state index in [4.69, 9.17) is 12.2 Å². The van der Waals surface area contributed by atoms with E-state index < -0.39 is 16.7 Å². The molecule has 1 aliphatic heterocycles. The number of amides is 2. The van der Waals surface area contributed by atoms with E-state index in [-0.39, 0.29) is 17.2 Å². The van der Waals surface area contributed by atoms with Crippen molar-refractivity contribution in [3.8, 4) is 0 Å². The summed E-state index contributed by atoms with van der Waals surface area (Å²) >= 11 is 5.33. The number of carbonyl (C=O) groups is 2. The molecule has 120 valence electrons. The Labute approximate surface area is 142 Å². The van der Waals surface area contributed by atoms with Crippen LogP contribution < -0.4 is 9.80 Å². The van der Waals surface area contributed by atoms with Gasteiger partial charge in [-0.3, -0.25) is 29.5 Å². The van der Waals surface area contributed by atoms with Crippen molar-refractivity contribution >= 4 is 46.2 Å². The minimum Gasteiger partial charge on any atom is -0.273 e. The lowest BCUT2D eigenvalue weighted by atomic mass is 10.2. The number of carbonyl (C=O) groups excluding carboxylic acids is 2. The number of nitro groups is 1. The zero-order valence-corrected chi connectivity index (χ0v) is 13.1. The molecule has 0 spiro atoms. The lowest BCUT2D eigenvalue weighted by molar-refractivity contribution is -0.384. The number of para-hydroxylation sites is 1. The molecule has 1 heterocycles. The Kier molecular flexibility index (Phi) is 4.05. The Hall–Kier alpha value is -3.13.